The number of amides is 1. The van der Waals surface area contributed by atoms with Crippen LogP contribution in [0.15, 0.2) is 63.7 Å². The highest BCUT2D eigenvalue weighted by Crippen LogP contribution is 2.42. The number of aliphatic hydroxyl groups is 1. The van der Waals surface area contributed by atoms with Crippen LogP contribution in [0.3, 0.4) is 0 Å². The number of nitrogens with zero attached hydrogens (tertiary/aromatic N) is 2. The molecule has 1 atom stereocenters. The molecule has 0 bridgehead atoms. The summed E-state index contributed by atoms with van der Waals surface area (Å²) in [5.41, 5.74) is 1.91. The van der Waals surface area contributed by atoms with Crippen LogP contribution in [0.25, 0.3) is 0 Å². The van der Waals surface area contributed by atoms with Crippen LogP contribution < -0.4 is 4.90 Å². The number of thiophene rings is 1. The summed E-state index contributed by atoms with van der Waals surface area (Å²) < 4.78 is 5.12. The monoisotopic (exact) mass is 394 g/mol. The number of ketones is 1. The number of benzene rings is 1. The van der Waals surface area contributed by atoms with Crippen molar-refractivity contribution in [3.05, 3.63) is 80.9 Å². The Morgan fingerprint density at radius 1 is 1.29 bits per heavy atom. The van der Waals surface area contributed by atoms with Gasteiger partial charge in [0.1, 0.15) is 5.76 Å². The molecule has 142 valence electrons. The fourth-order valence-corrected chi connectivity index (χ4v) is 4.01. The van der Waals surface area contributed by atoms with E-state index in [0.29, 0.717) is 10.6 Å². The second kappa shape index (κ2) is 7.09. The minimum atomic E-state index is -0.780. The Morgan fingerprint density at radius 3 is 2.61 bits per heavy atom. The first-order valence-corrected chi connectivity index (χ1v) is 9.76. The molecule has 4 rings (SSSR count). The van der Waals surface area contributed by atoms with Crippen LogP contribution in [0.2, 0.25) is 0 Å². The van der Waals surface area contributed by atoms with Crippen LogP contribution >= 0.6 is 11.3 Å². The molecule has 0 saturated carbocycles. The van der Waals surface area contributed by atoms with Gasteiger partial charge in [0.2, 0.25) is 5.78 Å². The van der Waals surface area contributed by atoms with Gasteiger partial charge in [0.25, 0.3) is 5.91 Å². The molecule has 0 fully saturated rings. The summed E-state index contributed by atoms with van der Waals surface area (Å²) in [4.78, 5) is 27.8. The van der Waals surface area contributed by atoms with Crippen molar-refractivity contribution in [2.24, 2.45) is 0 Å². The fraction of sp³-hybridized carbons (Fsp3) is 0.190. The molecular formula is C21H18N2O4S. The molecule has 1 amide bonds. The zero-order chi connectivity index (χ0) is 19.8. The molecular weight excluding hydrogens is 376 g/mol. The highest BCUT2D eigenvalue weighted by atomic mass is 32.1. The molecule has 6 nitrogen and oxygen atoms in total. The zero-order valence-corrected chi connectivity index (χ0v) is 16.2. The van der Waals surface area contributed by atoms with Crippen LogP contribution in [0, 0.1) is 6.92 Å². The van der Waals surface area contributed by atoms with Gasteiger partial charge in [-0.15, -0.1) is 11.3 Å². The maximum atomic E-state index is 13.1. The van der Waals surface area contributed by atoms with Crippen molar-refractivity contribution in [2.75, 3.05) is 4.90 Å². The number of aromatic nitrogens is 1. The zero-order valence-electron chi connectivity index (χ0n) is 15.4. The largest absolute Gasteiger partial charge is 0.503 e. The summed E-state index contributed by atoms with van der Waals surface area (Å²) in [5, 5.41) is 16.3. The Hall–Kier alpha value is -3.19. The Labute approximate surface area is 165 Å². The molecule has 0 radical (unpaired) electrons. The molecule has 28 heavy (non-hydrogen) atoms. The maximum Gasteiger partial charge on any atom is 0.295 e. The number of hydrogen-bond donors (Lipinski definition) is 1. The lowest BCUT2D eigenvalue weighted by Crippen LogP contribution is -2.31. The van der Waals surface area contributed by atoms with E-state index in [1.165, 1.54) is 16.2 Å². The van der Waals surface area contributed by atoms with E-state index in [4.69, 9.17) is 4.52 Å². The molecule has 3 aromatic rings. The summed E-state index contributed by atoms with van der Waals surface area (Å²) in [6, 6.07) is 11.9. The predicted octanol–water partition coefficient (Wildman–Crippen LogP) is 4.39. The number of aryl methyl sites for hydroxylation is 2. The smallest absolute Gasteiger partial charge is 0.295 e. The van der Waals surface area contributed by atoms with E-state index in [2.05, 4.69) is 12.1 Å². The van der Waals surface area contributed by atoms with E-state index >= 15 is 0 Å². The van der Waals surface area contributed by atoms with Crippen LogP contribution in [0.1, 0.15) is 39.5 Å². The molecule has 0 saturated heterocycles. The standard InChI is InChI=1S/C21H18N2O4S/c1-3-13-6-8-14(9-7-13)18-17(19(24)15-5-4-10-28-15)20(25)21(26)23(18)16-11-12(2)27-22-16/h4-11,18,25H,3H2,1-2H3/t18-/m0/s1. The average molecular weight is 394 g/mol. The number of carbonyl (C=O) groups is 2. The molecule has 1 aromatic carbocycles. The van der Waals surface area contributed by atoms with Gasteiger partial charge in [-0.3, -0.25) is 14.5 Å². The normalized spacial score (nSPS) is 16.9. The topological polar surface area (TPSA) is 83.6 Å². The average Bonchev–Trinajstić information content (AvgIpc) is 3.43. The quantitative estimate of drug-likeness (QED) is 0.649. The first-order valence-electron chi connectivity index (χ1n) is 8.88. The molecule has 2 aromatic heterocycles. The van der Waals surface area contributed by atoms with E-state index in [-0.39, 0.29) is 17.2 Å². The summed E-state index contributed by atoms with van der Waals surface area (Å²) >= 11 is 1.27. The van der Waals surface area contributed by atoms with Gasteiger partial charge in [-0.25, -0.2) is 0 Å². The third-order valence-corrected chi connectivity index (χ3v) is 5.63. The van der Waals surface area contributed by atoms with Gasteiger partial charge >= 0.3 is 0 Å². The lowest BCUT2D eigenvalue weighted by molar-refractivity contribution is -0.117. The van der Waals surface area contributed by atoms with Crippen molar-refractivity contribution in [1.82, 2.24) is 5.16 Å². The van der Waals surface area contributed by atoms with Gasteiger partial charge in [0.15, 0.2) is 11.6 Å². The van der Waals surface area contributed by atoms with E-state index in [0.717, 1.165) is 17.5 Å². The van der Waals surface area contributed by atoms with Gasteiger partial charge in [0, 0.05) is 6.07 Å². The molecule has 7 heteroatoms. The minimum absolute atomic E-state index is 0.0531. The van der Waals surface area contributed by atoms with Gasteiger partial charge in [-0.2, -0.15) is 0 Å². The lowest BCUT2D eigenvalue weighted by atomic mass is 9.94. The number of carbonyl (C=O) groups excluding carboxylic acids is 2. The van der Waals surface area contributed by atoms with E-state index in [1.54, 1.807) is 30.5 Å². The Morgan fingerprint density at radius 2 is 2.04 bits per heavy atom. The fourth-order valence-electron chi connectivity index (χ4n) is 3.33. The molecule has 0 spiro atoms. The Kier molecular flexibility index (Phi) is 4.60. The Bertz CT molecular complexity index is 1060. The highest BCUT2D eigenvalue weighted by Gasteiger charge is 2.45. The van der Waals surface area contributed by atoms with Gasteiger partial charge in [-0.05, 0) is 35.9 Å². The van der Waals surface area contributed by atoms with Crippen molar-refractivity contribution < 1.29 is 19.2 Å². The molecule has 0 aliphatic carbocycles. The van der Waals surface area contributed by atoms with Gasteiger partial charge < -0.3 is 9.63 Å². The maximum absolute atomic E-state index is 13.1. The van der Waals surface area contributed by atoms with Crippen molar-refractivity contribution in [3.8, 4) is 0 Å². The van der Waals surface area contributed by atoms with Gasteiger partial charge in [-0.1, -0.05) is 42.4 Å². The summed E-state index contributed by atoms with van der Waals surface area (Å²) in [6.07, 6.45) is 0.873. The second-order valence-electron chi connectivity index (χ2n) is 6.54. The summed E-state index contributed by atoms with van der Waals surface area (Å²) in [5.74, 6) is -0.803. The van der Waals surface area contributed by atoms with Crippen LogP contribution in [0.4, 0.5) is 5.82 Å². The third kappa shape index (κ3) is 2.93. The number of aliphatic hydroxyl groups excluding tert-OH is 1. The SMILES string of the molecule is CCc1ccc([C@H]2C(C(=O)c3cccs3)=C(O)C(=O)N2c2cc(C)on2)cc1. The van der Waals surface area contributed by atoms with E-state index < -0.39 is 17.7 Å². The Balaban J connectivity index is 1.86. The van der Waals surface area contributed by atoms with Crippen LogP contribution in [-0.2, 0) is 11.2 Å². The molecule has 0 unspecified atom stereocenters. The number of anilines is 1. The van der Waals surface area contributed by atoms with E-state index in [1.807, 2.05) is 24.3 Å². The number of hydrogen-bond acceptors (Lipinski definition) is 6. The minimum Gasteiger partial charge on any atom is -0.503 e. The van der Waals surface area contributed by atoms with Crippen LogP contribution in [0.5, 0.6) is 0 Å². The number of rotatable bonds is 5. The van der Waals surface area contributed by atoms with E-state index in [9.17, 15) is 14.7 Å². The molecule has 3 heterocycles. The van der Waals surface area contributed by atoms with Crippen molar-refractivity contribution in [2.45, 2.75) is 26.3 Å². The number of Topliss-reactive ketones (excluding diaryl/α,β-unsaturated/α-hetero) is 1. The van der Waals surface area contributed by atoms with Crippen molar-refractivity contribution >= 4 is 28.8 Å². The van der Waals surface area contributed by atoms with Crippen LogP contribution in [-0.4, -0.2) is 22.0 Å². The first kappa shape index (κ1) is 18.2. The summed E-state index contributed by atoms with van der Waals surface area (Å²) in [6.45, 7) is 3.77. The van der Waals surface area contributed by atoms with Crippen molar-refractivity contribution in [3.63, 3.8) is 0 Å². The van der Waals surface area contributed by atoms with Crippen molar-refractivity contribution in [1.29, 1.82) is 0 Å². The predicted molar refractivity (Wildman–Crippen MR) is 106 cm³/mol. The van der Waals surface area contributed by atoms with Gasteiger partial charge in [0.05, 0.1) is 16.5 Å². The molecule has 1 N–H and O–H groups in total. The lowest BCUT2D eigenvalue weighted by Gasteiger charge is -2.24. The molecule has 1 aliphatic heterocycles. The summed E-state index contributed by atoms with van der Waals surface area (Å²) in [7, 11) is 0. The third-order valence-electron chi connectivity index (χ3n) is 4.76. The second-order valence-corrected chi connectivity index (χ2v) is 7.48. The first-order chi connectivity index (χ1) is 13.5. The highest BCUT2D eigenvalue weighted by molar-refractivity contribution is 7.12. The molecule has 1 aliphatic rings.